The maximum absolute atomic E-state index is 6.01. The fourth-order valence-corrected chi connectivity index (χ4v) is 1.59. The Kier molecular flexibility index (Phi) is 8.14. The van der Waals surface area contributed by atoms with E-state index < -0.39 is 0 Å². The van der Waals surface area contributed by atoms with Crippen molar-refractivity contribution < 1.29 is 4.74 Å². The first kappa shape index (κ1) is 13.9. The molecule has 2 atom stereocenters. The minimum absolute atomic E-state index is 0.275. The molecule has 0 rings (SSSR count). The van der Waals surface area contributed by atoms with Crippen LogP contribution in [-0.4, -0.2) is 43.3 Å². The largest absolute Gasteiger partial charge is 0.380 e. The molecule has 14 heavy (non-hydrogen) atoms. The fourth-order valence-electron chi connectivity index (χ4n) is 1.59. The maximum Gasteiger partial charge on any atom is 0.0593 e. The highest BCUT2D eigenvalue weighted by Crippen LogP contribution is 2.04. The van der Waals surface area contributed by atoms with E-state index in [0.717, 1.165) is 32.7 Å². The molecule has 3 heteroatoms. The van der Waals surface area contributed by atoms with Gasteiger partial charge in [-0.15, -0.1) is 0 Å². The molecular formula is C11H26N2O. The SMILES string of the molecule is CCOCCN(CC)C(C)C(N)CC. The average Bonchev–Trinajstić information content (AvgIpc) is 2.22. The Morgan fingerprint density at radius 1 is 1.29 bits per heavy atom. The van der Waals surface area contributed by atoms with Gasteiger partial charge in [-0.2, -0.15) is 0 Å². The number of nitrogens with two attached hydrogens (primary N) is 1. The van der Waals surface area contributed by atoms with Crippen LogP contribution in [0, 0.1) is 0 Å². The third-order valence-corrected chi connectivity index (χ3v) is 2.80. The molecule has 0 aromatic heterocycles. The minimum atomic E-state index is 0.275. The predicted molar refractivity (Wildman–Crippen MR) is 61.5 cm³/mol. The van der Waals surface area contributed by atoms with Gasteiger partial charge in [0.1, 0.15) is 0 Å². The summed E-state index contributed by atoms with van der Waals surface area (Å²) in [6.07, 6.45) is 1.03. The van der Waals surface area contributed by atoms with Gasteiger partial charge in [-0.1, -0.05) is 13.8 Å². The van der Waals surface area contributed by atoms with Crippen LogP contribution in [0.25, 0.3) is 0 Å². The first-order valence-electron chi connectivity index (χ1n) is 5.74. The monoisotopic (exact) mass is 202 g/mol. The second kappa shape index (κ2) is 8.21. The van der Waals surface area contributed by atoms with Gasteiger partial charge in [0.15, 0.2) is 0 Å². The van der Waals surface area contributed by atoms with Crippen LogP contribution < -0.4 is 5.73 Å². The van der Waals surface area contributed by atoms with E-state index in [1.165, 1.54) is 0 Å². The summed E-state index contributed by atoms with van der Waals surface area (Å²) in [7, 11) is 0. The lowest BCUT2D eigenvalue weighted by molar-refractivity contribution is 0.0937. The summed E-state index contributed by atoms with van der Waals surface area (Å²) >= 11 is 0. The fraction of sp³-hybridized carbons (Fsp3) is 1.00. The molecule has 86 valence electrons. The Hall–Kier alpha value is -0.120. The van der Waals surface area contributed by atoms with Gasteiger partial charge in [0, 0.05) is 25.2 Å². The molecular weight excluding hydrogens is 176 g/mol. The van der Waals surface area contributed by atoms with Crippen LogP contribution in [0.3, 0.4) is 0 Å². The lowest BCUT2D eigenvalue weighted by Crippen LogP contribution is -2.46. The van der Waals surface area contributed by atoms with Crippen LogP contribution >= 0.6 is 0 Å². The predicted octanol–water partition coefficient (Wildman–Crippen LogP) is 1.47. The molecule has 0 aromatic rings. The van der Waals surface area contributed by atoms with E-state index in [0.29, 0.717) is 6.04 Å². The summed E-state index contributed by atoms with van der Waals surface area (Å²) in [6.45, 7) is 12.2. The zero-order valence-electron chi connectivity index (χ0n) is 10.1. The van der Waals surface area contributed by atoms with Gasteiger partial charge < -0.3 is 10.5 Å². The van der Waals surface area contributed by atoms with Crippen LogP contribution in [0.1, 0.15) is 34.1 Å². The van der Waals surface area contributed by atoms with Crippen molar-refractivity contribution in [1.82, 2.24) is 4.90 Å². The molecule has 0 aromatic carbocycles. The van der Waals surface area contributed by atoms with Gasteiger partial charge in [0.25, 0.3) is 0 Å². The van der Waals surface area contributed by atoms with Gasteiger partial charge in [-0.3, -0.25) is 4.90 Å². The van der Waals surface area contributed by atoms with Crippen LogP contribution in [0.15, 0.2) is 0 Å². The summed E-state index contributed by atoms with van der Waals surface area (Å²) in [5.41, 5.74) is 6.01. The highest BCUT2D eigenvalue weighted by atomic mass is 16.5. The third kappa shape index (κ3) is 4.94. The zero-order valence-corrected chi connectivity index (χ0v) is 10.1. The number of rotatable bonds is 8. The molecule has 0 aliphatic carbocycles. The van der Waals surface area contributed by atoms with Gasteiger partial charge in [-0.05, 0) is 26.8 Å². The second-order valence-corrected chi connectivity index (χ2v) is 3.64. The topological polar surface area (TPSA) is 38.5 Å². The Labute approximate surface area is 88.6 Å². The van der Waals surface area contributed by atoms with Crippen LogP contribution in [0.4, 0.5) is 0 Å². The number of hydrogen-bond donors (Lipinski definition) is 1. The van der Waals surface area contributed by atoms with Gasteiger partial charge >= 0.3 is 0 Å². The minimum Gasteiger partial charge on any atom is -0.380 e. The molecule has 0 fully saturated rings. The van der Waals surface area contributed by atoms with E-state index in [2.05, 4.69) is 25.7 Å². The second-order valence-electron chi connectivity index (χ2n) is 3.64. The quantitative estimate of drug-likeness (QED) is 0.606. The Morgan fingerprint density at radius 3 is 2.36 bits per heavy atom. The lowest BCUT2D eigenvalue weighted by Gasteiger charge is -2.31. The summed E-state index contributed by atoms with van der Waals surface area (Å²) in [4.78, 5) is 2.38. The van der Waals surface area contributed by atoms with Gasteiger partial charge in [-0.25, -0.2) is 0 Å². The molecule has 0 saturated carbocycles. The first-order valence-corrected chi connectivity index (χ1v) is 5.74. The highest BCUT2D eigenvalue weighted by Gasteiger charge is 2.17. The molecule has 3 nitrogen and oxygen atoms in total. The smallest absolute Gasteiger partial charge is 0.0593 e. The normalized spacial score (nSPS) is 15.9. The number of nitrogens with zero attached hydrogens (tertiary/aromatic N) is 1. The van der Waals surface area contributed by atoms with E-state index in [-0.39, 0.29) is 6.04 Å². The van der Waals surface area contributed by atoms with E-state index in [9.17, 15) is 0 Å². The Balaban J connectivity index is 3.85. The van der Waals surface area contributed by atoms with Crippen molar-refractivity contribution in [2.24, 2.45) is 5.73 Å². The van der Waals surface area contributed by atoms with Crippen molar-refractivity contribution in [3.8, 4) is 0 Å². The molecule has 0 aliphatic rings. The van der Waals surface area contributed by atoms with Crippen LogP contribution in [0.2, 0.25) is 0 Å². The van der Waals surface area contributed by atoms with Crippen LogP contribution in [-0.2, 0) is 4.74 Å². The van der Waals surface area contributed by atoms with Crippen molar-refractivity contribution in [2.75, 3.05) is 26.3 Å². The number of ether oxygens (including phenoxy) is 1. The van der Waals surface area contributed by atoms with Gasteiger partial charge in [0.05, 0.1) is 6.61 Å². The van der Waals surface area contributed by atoms with Crippen molar-refractivity contribution >= 4 is 0 Å². The molecule has 0 spiro atoms. The van der Waals surface area contributed by atoms with Crippen molar-refractivity contribution in [3.63, 3.8) is 0 Å². The Morgan fingerprint density at radius 2 is 1.93 bits per heavy atom. The highest BCUT2D eigenvalue weighted by molar-refractivity contribution is 4.76. The molecule has 0 aliphatic heterocycles. The van der Waals surface area contributed by atoms with E-state index in [1.807, 2.05) is 6.92 Å². The van der Waals surface area contributed by atoms with E-state index >= 15 is 0 Å². The molecule has 0 saturated heterocycles. The molecule has 0 heterocycles. The van der Waals surface area contributed by atoms with E-state index in [1.54, 1.807) is 0 Å². The molecule has 2 N–H and O–H groups in total. The standard InChI is InChI=1S/C11H26N2O/c1-5-11(12)10(4)13(6-2)8-9-14-7-3/h10-11H,5-9,12H2,1-4H3. The number of likely N-dealkylation sites (N-methyl/N-ethyl adjacent to an activating group) is 1. The summed E-state index contributed by atoms with van der Waals surface area (Å²) in [6, 6.07) is 0.724. The third-order valence-electron chi connectivity index (χ3n) is 2.80. The summed E-state index contributed by atoms with van der Waals surface area (Å²) < 4.78 is 5.35. The van der Waals surface area contributed by atoms with Gasteiger partial charge in [0.2, 0.25) is 0 Å². The van der Waals surface area contributed by atoms with Crippen LogP contribution in [0.5, 0.6) is 0 Å². The Bertz CT molecular complexity index is 130. The molecule has 0 amide bonds. The average molecular weight is 202 g/mol. The van der Waals surface area contributed by atoms with Crippen molar-refractivity contribution in [3.05, 3.63) is 0 Å². The summed E-state index contributed by atoms with van der Waals surface area (Å²) in [5, 5.41) is 0. The summed E-state index contributed by atoms with van der Waals surface area (Å²) in [5.74, 6) is 0. The molecule has 0 radical (unpaired) electrons. The number of hydrogen-bond acceptors (Lipinski definition) is 3. The maximum atomic E-state index is 6.01. The molecule has 0 bridgehead atoms. The first-order chi connectivity index (χ1) is 6.67. The lowest BCUT2D eigenvalue weighted by atomic mass is 10.1. The van der Waals surface area contributed by atoms with Crippen molar-refractivity contribution in [2.45, 2.75) is 46.2 Å². The van der Waals surface area contributed by atoms with E-state index in [4.69, 9.17) is 10.5 Å². The molecule has 2 unspecified atom stereocenters. The van der Waals surface area contributed by atoms with Crippen molar-refractivity contribution in [1.29, 1.82) is 0 Å². The zero-order chi connectivity index (χ0) is 11.0.